The van der Waals surface area contributed by atoms with Gasteiger partial charge in [-0.3, -0.25) is 0 Å². The number of hydrogen-bond donors (Lipinski definition) is 1. The minimum absolute atomic E-state index is 0.0708. The number of aliphatic hydroxyl groups excluding tert-OH is 1. The summed E-state index contributed by atoms with van der Waals surface area (Å²) in [5.74, 6) is 4.03. The molecule has 0 heterocycles. The van der Waals surface area contributed by atoms with E-state index in [1.807, 2.05) is 33.3 Å². The zero-order valence-corrected chi connectivity index (χ0v) is 26.4. The number of aliphatic hydroxyl groups is 1. The highest BCUT2D eigenvalue weighted by molar-refractivity contribution is 5.29. The standard InChI is InChI=1S/C28H46O.2C2H6.2C2H2/c1-18-8-7-14-26(4)15-11-20-19(24(18)26)9-10-22-27(20,5)16-12-21-25(2,3)23(29)13-17-28(21,22)6;4*1-2/h9,18,20-24,29H,7-8,10-17H2,1-6H3;2*1-2H3;2*1-2H/t18-,20?,21?,22?,23?,24-,26+,27-,28-;;;;/m0..../s1. The molecular weight excluding hydrogens is 448 g/mol. The fraction of sp³-hybridized carbons (Fsp3) is 0.833. The summed E-state index contributed by atoms with van der Waals surface area (Å²) < 4.78 is 0. The van der Waals surface area contributed by atoms with Crippen molar-refractivity contribution in [2.24, 2.45) is 51.2 Å². The molecule has 0 amide bonds. The lowest BCUT2D eigenvalue weighted by molar-refractivity contribution is -0.185. The number of allylic oxidation sites excluding steroid dienone is 2. The number of rotatable bonds is 0. The van der Waals surface area contributed by atoms with Crippen LogP contribution in [-0.2, 0) is 0 Å². The molecule has 9 atom stereocenters. The minimum atomic E-state index is -0.113. The van der Waals surface area contributed by atoms with Crippen LogP contribution in [0.25, 0.3) is 0 Å². The Balaban J connectivity index is 0.000000784. The first-order chi connectivity index (χ1) is 17.5. The molecule has 0 bridgehead atoms. The molecular formula is C36H62O. The molecule has 37 heavy (non-hydrogen) atoms. The van der Waals surface area contributed by atoms with Gasteiger partial charge in [0.15, 0.2) is 0 Å². The lowest BCUT2D eigenvalue weighted by atomic mass is 9.37. The molecule has 0 aromatic carbocycles. The molecule has 0 aromatic rings. The highest BCUT2D eigenvalue weighted by atomic mass is 16.3. The molecule has 1 nitrogen and oxygen atoms in total. The molecule has 4 unspecified atom stereocenters. The van der Waals surface area contributed by atoms with Gasteiger partial charge >= 0.3 is 0 Å². The maximum absolute atomic E-state index is 10.8. The Morgan fingerprint density at radius 2 is 1.30 bits per heavy atom. The van der Waals surface area contributed by atoms with Crippen molar-refractivity contribution < 1.29 is 5.11 Å². The van der Waals surface area contributed by atoms with Gasteiger partial charge in [-0.2, -0.15) is 0 Å². The first kappa shape index (κ1) is 33.8. The molecule has 0 aromatic heterocycles. The maximum atomic E-state index is 10.8. The Labute approximate surface area is 233 Å². The largest absolute Gasteiger partial charge is 0.393 e. The number of hydrogen-bond acceptors (Lipinski definition) is 1. The SMILES string of the molecule is C#C.C#C.CC.CC.C[C@H]1CCC[C@]2(C)CCC3C(=CCC4[C@@]3(C)CCC3C(C)(C)C(O)CC[C@@]34C)[C@H]12. The average molecular weight is 511 g/mol. The van der Waals surface area contributed by atoms with Crippen LogP contribution in [0, 0.1) is 76.9 Å². The Morgan fingerprint density at radius 3 is 1.89 bits per heavy atom. The fourth-order valence-electron chi connectivity index (χ4n) is 10.5. The van der Waals surface area contributed by atoms with E-state index in [9.17, 15) is 5.11 Å². The second-order valence-electron chi connectivity index (χ2n) is 13.6. The highest BCUT2D eigenvalue weighted by Crippen LogP contribution is 2.71. The maximum Gasteiger partial charge on any atom is 0.0594 e. The van der Waals surface area contributed by atoms with Gasteiger partial charge in [0.25, 0.3) is 0 Å². The van der Waals surface area contributed by atoms with Gasteiger partial charge in [-0.05, 0) is 103 Å². The molecule has 5 rings (SSSR count). The number of fused-ring (bicyclic) bond motifs is 7. The third kappa shape index (κ3) is 5.47. The highest BCUT2D eigenvalue weighted by Gasteiger charge is 2.64. The zero-order valence-electron chi connectivity index (χ0n) is 26.4. The summed E-state index contributed by atoms with van der Waals surface area (Å²) in [5.41, 5.74) is 3.42. The van der Waals surface area contributed by atoms with Crippen LogP contribution in [0.5, 0.6) is 0 Å². The van der Waals surface area contributed by atoms with E-state index >= 15 is 0 Å². The van der Waals surface area contributed by atoms with Crippen molar-refractivity contribution in [1.82, 2.24) is 0 Å². The van der Waals surface area contributed by atoms with Crippen LogP contribution in [0.4, 0.5) is 0 Å². The van der Waals surface area contributed by atoms with E-state index in [1.165, 1.54) is 57.8 Å². The predicted molar refractivity (Wildman–Crippen MR) is 164 cm³/mol. The van der Waals surface area contributed by atoms with Crippen LogP contribution in [0.3, 0.4) is 0 Å². The molecule has 0 spiro atoms. The number of terminal acetylenes is 2. The summed E-state index contributed by atoms with van der Waals surface area (Å²) >= 11 is 0. The third-order valence-corrected chi connectivity index (χ3v) is 12.0. The van der Waals surface area contributed by atoms with Crippen LogP contribution in [0.15, 0.2) is 11.6 Å². The molecule has 1 N–H and O–H groups in total. The van der Waals surface area contributed by atoms with Crippen LogP contribution >= 0.6 is 0 Å². The summed E-state index contributed by atoms with van der Waals surface area (Å²) in [7, 11) is 0. The van der Waals surface area contributed by atoms with Gasteiger partial charge in [0.05, 0.1) is 6.10 Å². The molecule has 0 radical (unpaired) electrons. The Morgan fingerprint density at radius 1 is 0.730 bits per heavy atom. The van der Waals surface area contributed by atoms with Crippen molar-refractivity contribution in [2.75, 3.05) is 0 Å². The topological polar surface area (TPSA) is 20.2 Å². The van der Waals surface area contributed by atoms with Crippen LogP contribution < -0.4 is 0 Å². The van der Waals surface area contributed by atoms with Crippen molar-refractivity contribution in [3.05, 3.63) is 11.6 Å². The Kier molecular flexibility index (Phi) is 12.1. The van der Waals surface area contributed by atoms with Gasteiger partial charge in [0, 0.05) is 0 Å². The zero-order chi connectivity index (χ0) is 28.8. The molecule has 0 saturated heterocycles. The van der Waals surface area contributed by atoms with E-state index in [0.717, 1.165) is 30.1 Å². The molecule has 212 valence electrons. The van der Waals surface area contributed by atoms with E-state index in [4.69, 9.17) is 0 Å². The Hall–Kier alpha value is -1.18. The normalized spacial score (nSPS) is 44.6. The van der Waals surface area contributed by atoms with Gasteiger partial charge in [-0.25, -0.2) is 0 Å². The summed E-state index contributed by atoms with van der Waals surface area (Å²) in [6.45, 7) is 23.2. The summed E-state index contributed by atoms with van der Waals surface area (Å²) in [6.07, 6.45) is 32.2. The van der Waals surface area contributed by atoms with E-state index < -0.39 is 0 Å². The van der Waals surface area contributed by atoms with Gasteiger partial charge in [0.2, 0.25) is 0 Å². The quantitative estimate of drug-likeness (QED) is 0.254. The van der Waals surface area contributed by atoms with Crippen LogP contribution in [0.1, 0.15) is 133 Å². The Bertz CT molecular complexity index is 779. The van der Waals surface area contributed by atoms with E-state index in [1.54, 1.807) is 0 Å². The van der Waals surface area contributed by atoms with Crippen molar-refractivity contribution in [2.45, 2.75) is 140 Å². The monoisotopic (exact) mass is 510 g/mol. The van der Waals surface area contributed by atoms with Crippen molar-refractivity contribution in [3.63, 3.8) is 0 Å². The summed E-state index contributed by atoms with van der Waals surface area (Å²) in [4.78, 5) is 0. The first-order valence-electron chi connectivity index (χ1n) is 15.6. The van der Waals surface area contributed by atoms with E-state index in [-0.39, 0.29) is 11.5 Å². The molecule has 5 aliphatic rings. The summed E-state index contributed by atoms with van der Waals surface area (Å²) in [5, 5.41) is 10.8. The van der Waals surface area contributed by atoms with Crippen molar-refractivity contribution in [1.29, 1.82) is 0 Å². The van der Waals surface area contributed by atoms with Crippen molar-refractivity contribution >= 4 is 0 Å². The molecule has 4 saturated carbocycles. The lowest BCUT2D eigenvalue weighted by Crippen LogP contribution is -2.61. The smallest absolute Gasteiger partial charge is 0.0594 e. The molecule has 5 aliphatic carbocycles. The van der Waals surface area contributed by atoms with E-state index in [0.29, 0.717) is 22.2 Å². The third-order valence-electron chi connectivity index (χ3n) is 12.0. The van der Waals surface area contributed by atoms with Crippen molar-refractivity contribution in [3.8, 4) is 25.7 Å². The van der Waals surface area contributed by atoms with Crippen LogP contribution in [0.2, 0.25) is 0 Å². The van der Waals surface area contributed by atoms with Gasteiger partial charge in [-0.1, -0.05) is 93.7 Å². The van der Waals surface area contributed by atoms with Crippen LogP contribution in [-0.4, -0.2) is 11.2 Å². The lowest BCUT2D eigenvalue weighted by Gasteiger charge is -2.68. The minimum Gasteiger partial charge on any atom is -0.393 e. The summed E-state index contributed by atoms with van der Waals surface area (Å²) in [6, 6.07) is 0. The predicted octanol–water partition coefficient (Wildman–Crippen LogP) is 9.94. The average Bonchev–Trinajstić information content (AvgIpc) is 2.90. The van der Waals surface area contributed by atoms with E-state index in [2.05, 4.69) is 73.3 Å². The van der Waals surface area contributed by atoms with Gasteiger partial charge in [-0.15, -0.1) is 25.7 Å². The fourth-order valence-corrected chi connectivity index (χ4v) is 10.5. The van der Waals surface area contributed by atoms with Gasteiger partial charge < -0.3 is 5.11 Å². The molecule has 1 heteroatoms. The second-order valence-corrected chi connectivity index (χ2v) is 13.6. The van der Waals surface area contributed by atoms with Gasteiger partial charge in [0.1, 0.15) is 0 Å². The molecule has 0 aliphatic heterocycles. The second kappa shape index (κ2) is 13.3. The first-order valence-corrected chi connectivity index (χ1v) is 15.6. The molecule has 4 fully saturated rings.